The van der Waals surface area contributed by atoms with Crippen molar-refractivity contribution in [1.29, 1.82) is 0 Å². The zero-order valence-corrected chi connectivity index (χ0v) is 12.6. The molecule has 2 aliphatic rings. The van der Waals surface area contributed by atoms with Crippen LogP contribution in [-0.4, -0.2) is 12.6 Å². The highest BCUT2D eigenvalue weighted by Crippen LogP contribution is 2.33. The van der Waals surface area contributed by atoms with Crippen LogP contribution in [0.25, 0.3) is 0 Å². The SMILES string of the molecule is CC(CCC(C)[C@@H]1CCCCN1)C1CCCCC1. The lowest BCUT2D eigenvalue weighted by Crippen LogP contribution is -2.39. The van der Waals surface area contributed by atoms with Gasteiger partial charge in [0.25, 0.3) is 0 Å². The fraction of sp³-hybridized carbons (Fsp3) is 1.00. The number of nitrogens with one attached hydrogen (secondary N) is 1. The zero-order valence-electron chi connectivity index (χ0n) is 12.6. The lowest BCUT2D eigenvalue weighted by Gasteiger charge is -2.32. The highest BCUT2D eigenvalue weighted by atomic mass is 14.9. The summed E-state index contributed by atoms with van der Waals surface area (Å²) >= 11 is 0. The summed E-state index contributed by atoms with van der Waals surface area (Å²) in [5, 5.41) is 3.72. The van der Waals surface area contributed by atoms with Gasteiger partial charge in [0.2, 0.25) is 0 Å². The van der Waals surface area contributed by atoms with E-state index in [-0.39, 0.29) is 0 Å². The van der Waals surface area contributed by atoms with E-state index in [1.54, 1.807) is 0 Å². The van der Waals surface area contributed by atoms with Gasteiger partial charge in [-0.15, -0.1) is 0 Å². The van der Waals surface area contributed by atoms with Crippen LogP contribution in [0.1, 0.15) is 78.1 Å². The molecular formula is C17H33N. The Hall–Kier alpha value is -0.0400. The number of hydrogen-bond acceptors (Lipinski definition) is 1. The molecule has 1 aliphatic carbocycles. The van der Waals surface area contributed by atoms with Crippen molar-refractivity contribution in [3.8, 4) is 0 Å². The van der Waals surface area contributed by atoms with Crippen LogP contribution in [0.3, 0.4) is 0 Å². The highest BCUT2D eigenvalue weighted by molar-refractivity contribution is 4.79. The molecule has 1 heteroatoms. The number of piperidine rings is 1. The molecule has 3 atom stereocenters. The molecular weight excluding hydrogens is 218 g/mol. The third-order valence-corrected chi connectivity index (χ3v) is 5.57. The van der Waals surface area contributed by atoms with E-state index in [4.69, 9.17) is 0 Å². The highest BCUT2D eigenvalue weighted by Gasteiger charge is 2.23. The lowest BCUT2D eigenvalue weighted by molar-refractivity contribution is 0.223. The first kappa shape index (κ1) is 14.4. The normalized spacial score (nSPS) is 30.0. The Labute approximate surface area is 114 Å². The second-order valence-corrected chi connectivity index (χ2v) is 6.99. The standard InChI is InChI=1S/C17H33N/c1-14(16-8-4-3-5-9-16)11-12-15(2)17-10-6-7-13-18-17/h14-18H,3-13H2,1-2H3/t14?,15?,17-/m0/s1. The molecule has 1 heterocycles. The van der Waals surface area contributed by atoms with E-state index in [0.717, 1.165) is 23.8 Å². The van der Waals surface area contributed by atoms with E-state index in [9.17, 15) is 0 Å². The second kappa shape index (κ2) is 7.53. The van der Waals surface area contributed by atoms with E-state index in [1.807, 2.05) is 0 Å². The van der Waals surface area contributed by atoms with Gasteiger partial charge in [-0.3, -0.25) is 0 Å². The summed E-state index contributed by atoms with van der Waals surface area (Å²) in [7, 11) is 0. The Morgan fingerprint density at radius 2 is 1.50 bits per heavy atom. The fourth-order valence-corrected chi connectivity index (χ4v) is 4.03. The van der Waals surface area contributed by atoms with Gasteiger partial charge in [0.1, 0.15) is 0 Å². The average molecular weight is 251 g/mol. The number of hydrogen-bond donors (Lipinski definition) is 1. The first-order valence-electron chi connectivity index (χ1n) is 8.50. The van der Waals surface area contributed by atoms with Crippen LogP contribution in [0.4, 0.5) is 0 Å². The van der Waals surface area contributed by atoms with Gasteiger partial charge in [-0.1, -0.05) is 58.8 Å². The van der Waals surface area contributed by atoms with Crippen LogP contribution in [-0.2, 0) is 0 Å². The van der Waals surface area contributed by atoms with Gasteiger partial charge >= 0.3 is 0 Å². The Balaban J connectivity index is 1.66. The largest absolute Gasteiger partial charge is 0.314 e. The van der Waals surface area contributed by atoms with Gasteiger partial charge in [-0.25, -0.2) is 0 Å². The minimum Gasteiger partial charge on any atom is -0.314 e. The summed E-state index contributed by atoms with van der Waals surface area (Å²) in [6.45, 7) is 6.24. The molecule has 1 saturated heterocycles. The predicted octanol–water partition coefficient (Wildman–Crippen LogP) is 4.76. The molecule has 0 aromatic carbocycles. The van der Waals surface area contributed by atoms with Gasteiger partial charge < -0.3 is 5.32 Å². The topological polar surface area (TPSA) is 12.0 Å². The molecule has 1 N–H and O–H groups in total. The molecule has 2 rings (SSSR count). The Kier molecular flexibility index (Phi) is 6.01. The lowest BCUT2D eigenvalue weighted by atomic mass is 9.77. The van der Waals surface area contributed by atoms with Crippen molar-refractivity contribution in [2.75, 3.05) is 6.54 Å². The molecule has 2 unspecified atom stereocenters. The molecule has 106 valence electrons. The maximum Gasteiger partial charge on any atom is 0.00926 e. The molecule has 1 aliphatic heterocycles. The molecule has 0 amide bonds. The first-order chi connectivity index (χ1) is 8.77. The van der Waals surface area contributed by atoms with Crippen LogP contribution >= 0.6 is 0 Å². The van der Waals surface area contributed by atoms with Crippen LogP contribution in [0, 0.1) is 17.8 Å². The summed E-state index contributed by atoms with van der Waals surface area (Å²) < 4.78 is 0. The maximum atomic E-state index is 3.72. The van der Waals surface area contributed by atoms with Crippen LogP contribution in [0.15, 0.2) is 0 Å². The van der Waals surface area contributed by atoms with Crippen LogP contribution < -0.4 is 5.32 Å². The van der Waals surface area contributed by atoms with Crippen LogP contribution in [0.5, 0.6) is 0 Å². The Bertz CT molecular complexity index is 190. The predicted molar refractivity (Wildman–Crippen MR) is 79.8 cm³/mol. The van der Waals surface area contributed by atoms with Crippen LogP contribution in [0.2, 0.25) is 0 Å². The molecule has 0 aromatic rings. The van der Waals surface area contributed by atoms with Crippen molar-refractivity contribution in [1.82, 2.24) is 5.32 Å². The average Bonchev–Trinajstić information content (AvgIpc) is 2.46. The van der Waals surface area contributed by atoms with Crippen molar-refractivity contribution in [2.24, 2.45) is 17.8 Å². The molecule has 1 nitrogen and oxygen atoms in total. The van der Waals surface area contributed by atoms with Crippen molar-refractivity contribution in [2.45, 2.75) is 84.1 Å². The molecule has 0 aromatic heterocycles. The van der Waals surface area contributed by atoms with Gasteiger partial charge in [-0.2, -0.15) is 0 Å². The monoisotopic (exact) mass is 251 g/mol. The summed E-state index contributed by atoms with van der Waals surface area (Å²) in [4.78, 5) is 0. The molecule has 18 heavy (non-hydrogen) atoms. The third kappa shape index (κ3) is 4.26. The molecule has 1 saturated carbocycles. The summed E-state index contributed by atoms with van der Waals surface area (Å²) in [6, 6.07) is 0.817. The minimum absolute atomic E-state index is 0.817. The van der Waals surface area contributed by atoms with Crippen molar-refractivity contribution in [3.05, 3.63) is 0 Å². The van der Waals surface area contributed by atoms with Crippen molar-refractivity contribution in [3.63, 3.8) is 0 Å². The smallest absolute Gasteiger partial charge is 0.00926 e. The second-order valence-electron chi connectivity index (χ2n) is 6.99. The maximum absolute atomic E-state index is 3.72. The quantitative estimate of drug-likeness (QED) is 0.743. The van der Waals surface area contributed by atoms with E-state index < -0.39 is 0 Å². The molecule has 0 radical (unpaired) electrons. The van der Waals surface area contributed by atoms with E-state index in [1.165, 1.54) is 70.8 Å². The van der Waals surface area contributed by atoms with E-state index in [0.29, 0.717) is 0 Å². The van der Waals surface area contributed by atoms with Crippen molar-refractivity contribution >= 4 is 0 Å². The van der Waals surface area contributed by atoms with Crippen molar-refractivity contribution < 1.29 is 0 Å². The summed E-state index contributed by atoms with van der Waals surface area (Å²) in [5.41, 5.74) is 0. The summed E-state index contributed by atoms with van der Waals surface area (Å²) in [6.07, 6.45) is 14.7. The summed E-state index contributed by atoms with van der Waals surface area (Å²) in [5.74, 6) is 2.90. The van der Waals surface area contributed by atoms with E-state index >= 15 is 0 Å². The number of rotatable bonds is 5. The molecule has 0 bridgehead atoms. The minimum atomic E-state index is 0.817. The molecule has 0 spiro atoms. The first-order valence-corrected chi connectivity index (χ1v) is 8.50. The van der Waals surface area contributed by atoms with Gasteiger partial charge in [0.05, 0.1) is 0 Å². The Morgan fingerprint density at radius 1 is 0.833 bits per heavy atom. The third-order valence-electron chi connectivity index (χ3n) is 5.57. The van der Waals surface area contributed by atoms with Gasteiger partial charge in [0, 0.05) is 6.04 Å². The van der Waals surface area contributed by atoms with Gasteiger partial charge in [-0.05, 0) is 43.6 Å². The van der Waals surface area contributed by atoms with Gasteiger partial charge in [0.15, 0.2) is 0 Å². The Morgan fingerprint density at radius 3 is 2.17 bits per heavy atom. The van der Waals surface area contributed by atoms with E-state index in [2.05, 4.69) is 19.2 Å². The molecule has 2 fully saturated rings. The fourth-order valence-electron chi connectivity index (χ4n) is 4.03. The zero-order chi connectivity index (χ0) is 12.8.